The number of fused-ring (bicyclic) bond motifs is 3. The Balaban J connectivity index is 1.68. The van der Waals surface area contributed by atoms with Crippen LogP contribution in [0.3, 0.4) is 0 Å². The van der Waals surface area contributed by atoms with Crippen LogP contribution in [0.5, 0.6) is 11.5 Å². The van der Waals surface area contributed by atoms with E-state index in [4.69, 9.17) is 4.74 Å². The molecule has 31 heavy (non-hydrogen) atoms. The van der Waals surface area contributed by atoms with E-state index >= 15 is 0 Å². The Morgan fingerprint density at radius 1 is 1.16 bits per heavy atom. The quantitative estimate of drug-likeness (QED) is 0.582. The predicted octanol–water partition coefficient (Wildman–Crippen LogP) is 5.49. The van der Waals surface area contributed by atoms with Crippen LogP contribution in [0.4, 0.5) is 5.69 Å². The Kier molecular flexibility index (Phi) is 6.21. The fraction of sp³-hybridized carbons (Fsp3) is 0.423. The van der Waals surface area contributed by atoms with Gasteiger partial charge in [-0.15, -0.1) is 0 Å². The predicted molar refractivity (Wildman–Crippen MR) is 124 cm³/mol. The minimum atomic E-state index is -0.0270. The molecule has 0 fully saturated rings. The molecule has 1 aliphatic heterocycles. The second kappa shape index (κ2) is 9.04. The highest BCUT2D eigenvalue weighted by Crippen LogP contribution is 2.52. The number of allylic oxidation sites excluding steroid dienone is 2. The number of ether oxygens (including phenoxy) is 1. The molecule has 1 aliphatic carbocycles. The van der Waals surface area contributed by atoms with E-state index in [2.05, 4.69) is 37.4 Å². The van der Waals surface area contributed by atoms with Crippen molar-refractivity contribution in [2.45, 2.75) is 45.1 Å². The number of methoxy groups -OCH3 is 1. The van der Waals surface area contributed by atoms with Crippen LogP contribution < -0.4 is 10.1 Å². The number of hydrogen-bond acceptors (Lipinski definition) is 4. The largest absolute Gasteiger partial charge is 0.504 e. The maximum atomic E-state index is 13.1. The van der Waals surface area contributed by atoms with Crippen molar-refractivity contribution in [3.05, 3.63) is 65.2 Å². The van der Waals surface area contributed by atoms with Crippen molar-refractivity contribution in [2.75, 3.05) is 25.5 Å². The minimum Gasteiger partial charge on any atom is -0.504 e. The smallest absolute Gasteiger partial charge is 0.253 e. The zero-order chi connectivity index (χ0) is 22.0. The number of anilines is 1. The molecule has 0 spiro atoms. The average molecular weight is 421 g/mol. The van der Waals surface area contributed by atoms with Gasteiger partial charge in [0.2, 0.25) is 0 Å². The first-order valence-electron chi connectivity index (χ1n) is 11.3. The summed E-state index contributed by atoms with van der Waals surface area (Å²) in [5.74, 6) is 1.28. The van der Waals surface area contributed by atoms with Gasteiger partial charge < -0.3 is 20.1 Å². The van der Waals surface area contributed by atoms with Crippen LogP contribution in [0.1, 0.15) is 66.6 Å². The Hall–Kier alpha value is -2.95. The van der Waals surface area contributed by atoms with E-state index in [-0.39, 0.29) is 29.5 Å². The number of carbonyl (C=O) groups is 1. The van der Waals surface area contributed by atoms with Crippen molar-refractivity contribution in [3.8, 4) is 11.5 Å². The number of nitrogens with one attached hydrogen (secondary N) is 1. The normalized spacial score (nSPS) is 21.2. The van der Waals surface area contributed by atoms with Crippen molar-refractivity contribution in [1.29, 1.82) is 0 Å². The SMILES string of the molecule is CCCN(CCC)C(=O)c1ccc2c(c1)C1C=CCC1C(c1cccc(OC)c1O)N2. The first kappa shape index (κ1) is 21.3. The van der Waals surface area contributed by atoms with Gasteiger partial charge in [-0.1, -0.05) is 38.1 Å². The molecule has 2 N–H and O–H groups in total. The topological polar surface area (TPSA) is 61.8 Å². The van der Waals surface area contributed by atoms with E-state index in [1.807, 2.05) is 29.2 Å². The van der Waals surface area contributed by atoms with Crippen molar-refractivity contribution in [1.82, 2.24) is 4.90 Å². The van der Waals surface area contributed by atoms with Gasteiger partial charge in [-0.25, -0.2) is 0 Å². The first-order chi connectivity index (χ1) is 15.1. The van der Waals surface area contributed by atoms with Gasteiger partial charge in [-0.05, 0) is 55.0 Å². The lowest BCUT2D eigenvalue weighted by Gasteiger charge is -2.38. The van der Waals surface area contributed by atoms with Crippen LogP contribution in [-0.2, 0) is 0 Å². The summed E-state index contributed by atoms with van der Waals surface area (Å²) in [5, 5.41) is 14.4. The molecule has 4 rings (SSSR count). The number of para-hydroxylation sites is 1. The zero-order valence-corrected chi connectivity index (χ0v) is 18.6. The molecule has 0 saturated carbocycles. The Bertz CT molecular complexity index is 979. The fourth-order valence-corrected chi connectivity index (χ4v) is 5.03. The van der Waals surface area contributed by atoms with E-state index in [9.17, 15) is 9.90 Å². The molecule has 164 valence electrons. The molecule has 0 bridgehead atoms. The summed E-state index contributed by atoms with van der Waals surface area (Å²) in [6.45, 7) is 5.78. The molecule has 3 unspecified atom stereocenters. The summed E-state index contributed by atoms with van der Waals surface area (Å²) in [5.41, 5.74) is 3.79. The molecule has 5 heteroatoms. The highest BCUT2D eigenvalue weighted by Gasteiger charge is 2.39. The number of carbonyl (C=O) groups excluding carboxylic acids is 1. The van der Waals surface area contributed by atoms with Crippen LogP contribution in [0.15, 0.2) is 48.6 Å². The molecule has 2 aromatic carbocycles. The van der Waals surface area contributed by atoms with Crippen molar-refractivity contribution >= 4 is 11.6 Å². The fourth-order valence-electron chi connectivity index (χ4n) is 5.03. The van der Waals surface area contributed by atoms with Gasteiger partial charge in [0, 0.05) is 35.8 Å². The van der Waals surface area contributed by atoms with Crippen LogP contribution in [-0.4, -0.2) is 36.1 Å². The number of nitrogens with zero attached hydrogens (tertiary/aromatic N) is 1. The van der Waals surface area contributed by atoms with Crippen LogP contribution in [0, 0.1) is 5.92 Å². The molecule has 0 radical (unpaired) electrons. The van der Waals surface area contributed by atoms with Gasteiger partial charge in [-0.2, -0.15) is 0 Å². The monoisotopic (exact) mass is 420 g/mol. The molecular weight excluding hydrogens is 388 g/mol. The summed E-state index contributed by atoms with van der Waals surface area (Å²) in [6, 6.07) is 11.6. The summed E-state index contributed by atoms with van der Waals surface area (Å²) in [4.78, 5) is 15.1. The lowest BCUT2D eigenvalue weighted by Crippen LogP contribution is -2.33. The summed E-state index contributed by atoms with van der Waals surface area (Å²) in [7, 11) is 1.57. The number of rotatable bonds is 7. The van der Waals surface area contributed by atoms with Crippen molar-refractivity contribution in [3.63, 3.8) is 0 Å². The molecule has 0 aromatic heterocycles. The number of phenols is 1. The number of amides is 1. The third kappa shape index (κ3) is 3.89. The van der Waals surface area contributed by atoms with Gasteiger partial charge in [0.1, 0.15) is 0 Å². The van der Waals surface area contributed by atoms with Crippen LogP contribution in [0.2, 0.25) is 0 Å². The maximum Gasteiger partial charge on any atom is 0.253 e. The van der Waals surface area contributed by atoms with Crippen molar-refractivity contribution < 1.29 is 14.6 Å². The van der Waals surface area contributed by atoms with Gasteiger partial charge in [0.05, 0.1) is 13.2 Å². The third-order valence-corrected chi connectivity index (χ3v) is 6.47. The standard InChI is InChI=1S/C26H32N2O3/c1-4-14-28(15-5-2)26(30)17-12-13-22-21(16-17)18-8-6-9-19(18)24(27-22)20-10-7-11-23(31-3)25(20)29/h6-8,10-13,16,18-19,24,27,29H,4-5,9,14-15H2,1-3H3. The van der Waals surface area contributed by atoms with Gasteiger partial charge >= 0.3 is 0 Å². The number of benzene rings is 2. The first-order valence-corrected chi connectivity index (χ1v) is 11.3. The molecule has 1 amide bonds. The second-order valence-electron chi connectivity index (χ2n) is 8.47. The van der Waals surface area contributed by atoms with E-state index in [1.54, 1.807) is 13.2 Å². The van der Waals surface area contributed by atoms with E-state index in [1.165, 1.54) is 0 Å². The van der Waals surface area contributed by atoms with Gasteiger partial charge in [0.15, 0.2) is 11.5 Å². The van der Waals surface area contributed by atoms with Gasteiger partial charge in [0.25, 0.3) is 5.91 Å². The van der Waals surface area contributed by atoms with Crippen molar-refractivity contribution in [2.24, 2.45) is 5.92 Å². The van der Waals surface area contributed by atoms with E-state index in [0.29, 0.717) is 5.75 Å². The molecule has 5 nitrogen and oxygen atoms in total. The number of phenolic OH excluding ortho intramolecular Hbond substituents is 1. The molecule has 1 heterocycles. The van der Waals surface area contributed by atoms with Crippen LogP contribution >= 0.6 is 0 Å². The van der Waals surface area contributed by atoms with Gasteiger partial charge in [-0.3, -0.25) is 4.79 Å². The van der Waals surface area contributed by atoms with E-state index < -0.39 is 0 Å². The molecular formula is C26H32N2O3. The lowest BCUT2D eigenvalue weighted by molar-refractivity contribution is 0.0755. The van der Waals surface area contributed by atoms with Crippen LogP contribution in [0.25, 0.3) is 0 Å². The summed E-state index contributed by atoms with van der Waals surface area (Å²) in [6.07, 6.45) is 7.30. The molecule has 2 aromatic rings. The number of aromatic hydroxyl groups is 1. The Morgan fingerprint density at radius 2 is 1.94 bits per heavy atom. The Labute approximate surface area is 184 Å². The van der Waals surface area contributed by atoms with E-state index in [0.717, 1.165) is 54.7 Å². The third-order valence-electron chi connectivity index (χ3n) is 6.47. The summed E-state index contributed by atoms with van der Waals surface area (Å²) < 4.78 is 5.33. The molecule has 2 aliphatic rings. The second-order valence-corrected chi connectivity index (χ2v) is 8.47. The lowest BCUT2D eigenvalue weighted by atomic mass is 9.76. The molecule has 0 saturated heterocycles. The highest BCUT2D eigenvalue weighted by atomic mass is 16.5. The molecule has 3 atom stereocenters. The minimum absolute atomic E-state index is 0.0270. The maximum absolute atomic E-state index is 13.1. The summed E-state index contributed by atoms with van der Waals surface area (Å²) >= 11 is 0. The highest BCUT2D eigenvalue weighted by molar-refractivity contribution is 5.95. The Morgan fingerprint density at radius 3 is 2.65 bits per heavy atom. The number of hydrogen-bond donors (Lipinski definition) is 2. The average Bonchev–Trinajstić information content (AvgIpc) is 3.28. The zero-order valence-electron chi connectivity index (χ0n) is 18.6.